The molecule has 0 spiro atoms. The van der Waals surface area contributed by atoms with Crippen molar-refractivity contribution < 1.29 is 9.84 Å². The summed E-state index contributed by atoms with van der Waals surface area (Å²) in [5.74, 6) is 1.83. The molecule has 0 aromatic carbocycles. The van der Waals surface area contributed by atoms with Crippen molar-refractivity contribution in [2.24, 2.45) is 5.92 Å². The third-order valence-corrected chi connectivity index (χ3v) is 5.37. The molecule has 2 fully saturated rings. The third-order valence-electron chi connectivity index (χ3n) is 5.37. The van der Waals surface area contributed by atoms with E-state index in [-0.39, 0.29) is 12.0 Å². The van der Waals surface area contributed by atoms with Crippen LogP contribution >= 0.6 is 0 Å². The van der Waals surface area contributed by atoms with Gasteiger partial charge in [0.05, 0.1) is 25.0 Å². The van der Waals surface area contributed by atoms with Crippen LogP contribution in [0, 0.1) is 12.8 Å². The third kappa shape index (κ3) is 4.06. The molecule has 2 aromatic heterocycles. The molecular formula is C19H28N6O2. The zero-order chi connectivity index (χ0) is 18.8. The highest BCUT2D eigenvalue weighted by Crippen LogP contribution is 2.27. The van der Waals surface area contributed by atoms with Crippen LogP contribution in [0.1, 0.15) is 24.0 Å². The molecule has 0 amide bonds. The number of nitrogens with one attached hydrogen (secondary N) is 1. The highest BCUT2D eigenvalue weighted by atomic mass is 16.5. The number of hydrogen-bond donors (Lipinski definition) is 2. The topological polar surface area (TPSA) is 90.4 Å². The van der Waals surface area contributed by atoms with E-state index in [1.54, 1.807) is 0 Å². The van der Waals surface area contributed by atoms with E-state index < -0.39 is 0 Å². The zero-order valence-corrected chi connectivity index (χ0v) is 16.1. The normalized spacial score (nSPS) is 23.2. The molecule has 0 bridgehead atoms. The average Bonchev–Trinajstić information content (AvgIpc) is 3.28. The lowest BCUT2D eigenvalue weighted by atomic mass is 10.0. The van der Waals surface area contributed by atoms with E-state index in [0.717, 1.165) is 61.3 Å². The Morgan fingerprint density at radius 3 is 2.67 bits per heavy atom. The lowest BCUT2D eigenvalue weighted by Gasteiger charge is -2.28. The van der Waals surface area contributed by atoms with Crippen LogP contribution < -0.4 is 9.80 Å². The fraction of sp³-hybridized carbons (Fsp3) is 0.632. The molecule has 0 radical (unpaired) electrons. The van der Waals surface area contributed by atoms with Gasteiger partial charge in [0.2, 0.25) is 5.95 Å². The molecule has 0 unspecified atom stereocenters. The van der Waals surface area contributed by atoms with Crippen molar-refractivity contribution >= 4 is 11.8 Å². The van der Waals surface area contributed by atoms with Crippen molar-refractivity contribution in [2.75, 3.05) is 49.2 Å². The number of aryl methyl sites for hydroxylation is 2. The SMILES string of the molecule is CCc1cc(N2C[C@@H](Cc3cc(C)[nH]n3)[C@H](O)C2)nc(N2CCOCC2)n1. The van der Waals surface area contributed by atoms with Crippen molar-refractivity contribution in [2.45, 2.75) is 32.8 Å². The van der Waals surface area contributed by atoms with E-state index in [2.05, 4.69) is 33.0 Å². The summed E-state index contributed by atoms with van der Waals surface area (Å²) in [6.45, 7) is 8.52. The van der Waals surface area contributed by atoms with Gasteiger partial charge in [0.15, 0.2) is 0 Å². The van der Waals surface area contributed by atoms with Crippen LogP contribution in [-0.4, -0.2) is 70.8 Å². The average molecular weight is 372 g/mol. The summed E-state index contributed by atoms with van der Waals surface area (Å²) in [6, 6.07) is 4.10. The lowest BCUT2D eigenvalue weighted by molar-refractivity contribution is 0.122. The van der Waals surface area contributed by atoms with Gasteiger partial charge in [0, 0.05) is 49.6 Å². The number of ether oxygens (including phenoxy) is 1. The monoisotopic (exact) mass is 372 g/mol. The van der Waals surface area contributed by atoms with Crippen LogP contribution in [0.25, 0.3) is 0 Å². The molecule has 0 saturated carbocycles. The van der Waals surface area contributed by atoms with Crippen LogP contribution in [0.3, 0.4) is 0 Å². The minimum Gasteiger partial charge on any atom is -0.391 e. The number of rotatable bonds is 5. The van der Waals surface area contributed by atoms with Gasteiger partial charge in [-0.25, -0.2) is 4.98 Å². The Balaban J connectivity index is 1.52. The van der Waals surface area contributed by atoms with Gasteiger partial charge in [-0.15, -0.1) is 0 Å². The summed E-state index contributed by atoms with van der Waals surface area (Å²) < 4.78 is 5.45. The molecule has 27 heavy (non-hydrogen) atoms. The predicted molar refractivity (Wildman–Crippen MR) is 103 cm³/mol. The Hall–Kier alpha value is -2.19. The highest BCUT2D eigenvalue weighted by Gasteiger charge is 2.33. The maximum Gasteiger partial charge on any atom is 0.227 e. The van der Waals surface area contributed by atoms with Gasteiger partial charge in [0.25, 0.3) is 0 Å². The van der Waals surface area contributed by atoms with Crippen LogP contribution in [0.5, 0.6) is 0 Å². The van der Waals surface area contributed by atoms with Gasteiger partial charge in [0.1, 0.15) is 5.82 Å². The summed E-state index contributed by atoms with van der Waals surface area (Å²) in [7, 11) is 0. The molecule has 4 heterocycles. The molecular weight excluding hydrogens is 344 g/mol. The van der Waals surface area contributed by atoms with Crippen LogP contribution in [0.2, 0.25) is 0 Å². The molecule has 4 rings (SSSR count). The van der Waals surface area contributed by atoms with Gasteiger partial charge in [-0.3, -0.25) is 5.10 Å². The Bertz CT molecular complexity index is 773. The Morgan fingerprint density at radius 1 is 1.15 bits per heavy atom. The Labute approximate surface area is 159 Å². The number of aliphatic hydroxyl groups is 1. The molecule has 2 saturated heterocycles. The van der Waals surface area contributed by atoms with Gasteiger partial charge < -0.3 is 19.6 Å². The first-order chi connectivity index (χ1) is 13.1. The van der Waals surface area contributed by atoms with Crippen molar-refractivity contribution in [3.8, 4) is 0 Å². The number of aromatic amines is 1. The van der Waals surface area contributed by atoms with Crippen LogP contribution in [0.15, 0.2) is 12.1 Å². The van der Waals surface area contributed by atoms with Crippen molar-refractivity contribution in [3.05, 3.63) is 29.2 Å². The Morgan fingerprint density at radius 2 is 1.96 bits per heavy atom. The first kappa shape index (κ1) is 18.2. The number of H-pyrrole nitrogens is 1. The second-order valence-electron chi connectivity index (χ2n) is 7.45. The molecule has 2 N–H and O–H groups in total. The molecule has 8 nitrogen and oxygen atoms in total. The minimum absolute atomic E-state index is 0.152. The van der Waals surface area contributed by atoms with E-state index >= 15 is 0 Å². The quantitative estimate of drug-likeness (QED) is 0.807. The second-order valence-corrected chi connectivity index (χ2v) is 7.45. The molecule has 146 valence electrons. The number of nitrogens with zero attached hydrogens (tertiary/aromatic N) is 5. The maximum atomic E-state index is 10.6. The maximum absolute atomic E-state index is 10.6. The molecule has 2 atom stereocenters. The summed E-state index contributed by atoms with van der Waals surface area (Å²) in [5, 5.41) is 17.9. The zero-order valence-electron chi connectivity index (χ0n) is 16.1. The smallest absolute Gasteiger partial charge is 0.227 e. The van der Waals surface area contributed by atoms with Crippen LogP contribution in [-0.2, 0) is 17.6 Å². The number of aliphatic hydroxyl groups excluding tert-OH is 1. The first-order valence-electron chi connectivity index (χ1n) is 9.77. The number of aromatic nitrogens is 4. The highest BCUT2D eigenvalue weighted by molar-refractivity contribution is 5.47. The fourth-order valence-corrected chi connectivity index (χ4v) is 3.81. The van der Waals surface area contributed by atoms with Gasteiger partial charge >= 0.3 is 0 Å². The number of anilines is 2. The van der Waals surface area contributed by atoms with E-state index in [1.807, 2.05) is 13.0 Å². The fourth-order valence-electron chi connectivity index (χ4n) is 3.81. The van der Waals surface area contributed by atoms with Crippen molar-refractivity contribution in [3.63, 3.8) is 0 Å². The summed E-state index contributed by atoms with van der Waals surface area (Å²) in [4.78, 5) is 13.9. The van der Waals surface area contributed by atoms with Crippen LogP contribution in [0.4, 0.5) is 11.8 Å². The molecule has 0 aliphatic carbocycles. The van der Waals surface area contributed by atoms with Crippen molar-refractivity contribution in [1.29, 1.82) is 0 Å². The molecule has 2 aromatic rings. The summed E-state index contributed by atoms with van der Waals surface area (Å²) >= 11 is 0. The summed E-state index contributed by atoms with van der Waals surface area (Å²) in [5.41, 5.74) is 3.08. The Kier molecular flexibility index (Phi) is 5.27. The number of morpholine rings is 1. The first-order valence-corrected chi connectivity index (χ1v) is 9.77. The standard InChI is InChI=1S/C19H28N6O2/c1-3-15-10-18(21-19(20-15)24-4-6-27-7-5-24)25-11-14(17(26)12-25)9-16-8-13(2)22-23-16/h8,10,14,17,26H,3-7,9,11-12H2,1-2H3,(H,22,23)/t14-,17-/m1/s1. The van der Waals surface area contributed by atoms with Crippen molar-refractivity contribution in [1.82, 2.24) is 20.2 Å². The van der Waals surface area contributed by atoms with Gasteiger partial charge in [-0.2, -0.15) is 10.1 Å². The van der Waals surface area contributed by atoms with E-state index in [9.17, 15) is 5.11 Å². The number of β-amino-alcohol motifs (C(OH)–C–C–N with tert-alkyl or cyclic N) is 1. The largest absolute Gasteiger partial charge is 0.391 e. The lowest BCUT2D eigenvalue weighted by Crippen LogP contribution is -2.38. The van der Waals surface area contributed by atoms with E-state index in [4.69, 9.17) is 14.7 Å². The van der Waals surface area contributed by atoms with E-state index in [1.165, 1.54) is 0 Å². The summed E-state index contributed by atoms with van der Waals surface area (Å²) in [6.07, 6.45) is 1.25. The molecule has 2 aliphatic heterocycles. The van der Waals surface area contributed by atoms with Gasteiger partial charge in [-0.05, 0) is 25.8 Å². The molecule has 8 heteroatoms. The molecule has 2 aliphatic rings. The number of hydrogen-bond acceptors (Lipinski definition) is 7. The van der Waals surface area contributed by atoms with Gasteiger partial charge in [-0.1, -0.05) is 6.92 Å². The second kappa shape index (κ2) is 7.82. The predicted octanol–water partition coefficient (Wildman–Crippen LogP) is 0.947. The minimum atomic E-state index is -0.381. The van der Waals surface area contributed by atoms with E-state index in [0.29, 0.717) is 19.8 Å².